The van der Waals surface area contributed by atoms with Crippen LogP contribution >= 0.6 is 0 Å². The Bertz CT molecular complexity index is 584. The van der Waals surface area contributed by atoms with Gasteiger partial charge in [0.05, 0.1) is 5.56 Å². The monoisotopic (exact) mass is 257 g/mol. The van der Waals surface area contributed by atoms with Gasteiger partial charge in [-0.25, -0.2) is 4.98 Å². The maximum atomic E-state index is 11.3. The number of aromatic nitrogens is 1. The maximum Gasteiger partial charge on any atom is 0.252 e. The Morgan fingerprint density at radius 3 is 2.89 bits per heavy atom. The summed E-state index contributed by atoms with van der Waals surface area (Å²) in [7, 11) is 0. The molecule has 5 heteroatoms. The lowest BCUT2D eigenvalue weighted by Gasteiger charge is -2.10. The predicted octanol–water partition coefficient (Wildman–Crippen LogP) is 2.40. The third-order valence-corrected chi connectivity index (χ3v) is 2.47. The van der Waals surface area contributed by atoms with Gasteiger partial charge >= 0.3 is 0 Å². The minimum Gasteiger partial charge on any atom is -0.456 e. The lowest BCUT2D eigenvalue weighted by molar-refractivity contribution is 0.0998. The van der Waals surface area contributed by atoms with E-state index >= 15 is 0 Å². The molecule has 0 unspecified atom stereocenters. The zero-order valence-corrected chi connectivity index (χ0v) is 10.6. The molecule has 1 amide bonds. The zero-order valence-electron chi connectivity index (χ0n) is 10.6. The van der Waals surface area contributed by atoms with Gasteiger partial charge in [-0.05, 0) is 25.1 Å². The van der Waals surface area contributed by atoms with Crippen molar-refractivity contribution in [2.24, 2.45) is 5.73 Å². The summed E-state index contributed by atoms with van der Waals surface area (Å²) in [6.45, 7) is 2.76. The second kappa shape index (κ2) is 5.86. The highest BCUT2D eigenvalue weighted by Crippen LogP contribution is 2.25. The first-order valence-electron chi connectivity index (χ1n) is 5.97. The van der Waals surface area contributed by atoms with Crippen LogP contribution in [-0.4, -0.2) is 17.4 Å². The van der Waals surface area contributed by atoms with Crippen LogP contribution in [0, 0.1) is 0 Å². The number of hydrogen-bond acceptors (Lipinski definition) is 4. The van der Waals surface area contributed by atoms with Crippen molar-refractivity contribution >= 4 is 11.7 Å². The van der Waals surface area contributed by atoms with E-state index in [1.165, 1.54) is 0 Å². The number of para-hydroxylation sites is 1. The molecule has 98 valence electrons. The highest BCUT2D eigenvalue weighted by Gasteiger charge is 2.09. The Labute approximate surface area is 111 Å². The van der Waals surface area contributed by atoms with Gasteiger partial charge < -0.3 is 15.8 Å². The van der Waals surface area contributed by atoms with Crippen LogP contribution in [0.5, 0.6) is 11.5 Å². The van der Waals surface area contributed by atoms with Gasteiger partial charge in [-0.2, -0.15) is 0 Å². The molecule has 0 aliphatic rings. The van der Waals surface area contributed by atoms with E-state index in [2.05, 4.69) is 10.3 Å². The molecule has 2 rings (SSSR count). The lowest BCUT2D eigenvalue weighted by Crippen LogP contribution is -2.12. The van der Waals surface area contributed by atoms with Crippen LogP contribution in [0.3, 0.4) is 0 Å². The summed E-state index contributed by atoms with van der Waals surface area (Å²) in [5.74, 6) is 1.23. The summed E-state index contributed by atoms with van der Waals surface area (Å²) in [6.07, 6.45) is 1.64. The molecular weight excluding hydrogens is 242 g/mol. The van der Waals surface area contributed by atoms with E-state index in [0.717, 1.165) is 12.4 Å². The zero-order chi connectivity index (χ0) is 13.7. The van der Waals surface area contributed by atoms with Gasteiger partial charge in [0.2, 0.25) is 0 Å². The molecule has 1 aromatic carbocycles. The summed E-state index contributed by atoms with van der Waals surface area (Å²) in [5.41, 5.74) is 5.65. The van der Waals surface area contributed by atoms with Crippen molar-refractivity contribution in [3.8, 4) is 11.5 Å². The van der Waals surface area contributed by atoms with Gasteiger partial charge in [0.15, 0.2) is 0 Å². The first-order chi connectivity index (χ1) is 9.20. The number of primary amides is 1. The molecule has 0 atom stereocenters. The average molecular weight is 257 g/mol. The number of amides is 1. The van der Waals surface area contributed by atoms with Crippen LogP contribution in [0.2, 0.25) is 0 Å². The summed E-state index contributed by atoms with van der Waals surface area (Å²) >= 11 is 0. The van der Waals surface area contributed by atoms with Gasteiger partial charge in [-0.15, -0.1) is 0 Å². The topological polar surface area (TPSA) is 77.2 Å². The van der Waals surface area contributed by atoms with Crippen molar-refractivity contribution in [2.45, 2.75) is 6.92 Å². The van der Waals surface area contributed by atoms with Crippen LogP contribution in [0.15, 0.2) is 42.6 Å². The Morgan fingerprint density at radius 2 is 2.16 bits per heavy atom. The smallest absolute Gasteiger partial charge is 0.252 e. The number of pyridine rings is 1. The lowest BCUT2D eigenvalue weighted by atomic mass is 10.2. The third-order valence-electron chi connectivity index (χ3n) is 2.47. The predicted molar refractivity (Wildman–Crippen MR) is 73.4 cm³/mol. The number of nitrogens with zero attached hydrogens (tertiary/aromatic N) is 1. The largest absolute Gasteiger partial charge is 0.456 e. The summed E-state index contributed by atoms with van der Waals surface area (Å²) in [4.78, 5) is 15.4. The first kappa shape index (κ1) is 12.9. The van der Waals surface area contributed by atoms with E-state index in [0.29, 0.717) is 17.1 Å². The highest BCUT2D eigenvalue weighted by molar-refractivity contribution is 5.95. The second-order valence-corrected chi connectivity index (χ2v) is 3.87. The third kappa shape index (κ3) is 3.22. The normalized spacial score (nSPS) is 9.95. The van der Waals surface area contributed by atoms with Crippen LogP contribution in [0.25, 0.3) is 0 Å². The van der Waals surface area contributed by atoms with Crippen LogP contribution in [-0.2, 0) is 0 Å². The molecule has 0 radical (unpaired) electrons. The molecule has 0 saturated carbocycles. The molecule has 5 nitrogen and oxygen atoms in total. The summed E-state index contributed by atoms with van der Waals surface area (Å²) in [5, 5.41) is 3.09. The summed E-state index contributed by atoms with van der Waals surface area (Å²) in [6, 6.07) is 10.3. The molecule has 0 saturated heterocycles. The minimum atomic E-state index is -0.517. The van der Waals surface area contributed by atoms with Crippen LogP contribution in [0.4, 0.5) is 5.82 Å². The van der Waals surface area contributed by atoms with Crippen LogP contribution in [0.1, 0.15) is 17.3 Å². The van der Waals surface area contributed by atoms with Gasteiger partial charge in [-0.1, -0.05) is 12.1 Å². The second-order valence-electron chi connectivity index (χ2n) is 3.87. The molecule has 0 aliphatic carbocycles. The maximum absolute atomic E-state index is 11.3. The molecule has 0 spiro atoms. The number of anilines is 1. The number of nitrogens with two attached hydrogens (primary N) is 1. The van der Waals surface area contributed by atoms with Crippen molar-refractivity contribution < 1.29 is 9.53 Å². The molecular formula is C14H15N3O2. The molecule has 0 bridgehead atoms. The van der Waals surface area contributed by atoms with E-state index in [4.69, 9.17) is 10.5 Å². The highest BCUT2D eigenvalue weighted by atomic mass is 16.5. The number of benzene rings is 1. The van der Waals surface area contributed by atoms with Crippen LogP contribution < -0.4 is 15.8 Å². The van der Waals surface area contributed by atoms with Gasteiger partial charge in [-0.3, -0.25) is 4.79 Å². The van der Waals surface area contributed by atoms with E-state index in [1.807, 2.05) is 6.92 Å². The van der Waals surface area contributed by atoms with Crippen molar-refractivity contribution in [1.29, 1.82) is 0 Å². The fraction of sp³-hybridized carbons (Fsp3) is 0.143. The average Bonchev–Trinajstić information content (AvgIpc) is 2.40. The van der Waals surface area contributed by atoms with E-state index in [-0.39, 0.29) is 0 Å². The molecule has 1 heterocycles. The number of ether oxygens (including phenoxy) is 1. The number of hydrogen-bond donors (Lipinski definition) is 2. The Morgan fingerprint density at radius 1 is 1.37 bits per heavy atom. The van der Waals surface area contributed by atoms with E-state index in [9.17, 15) is 4.79 Å². The Kier molecular flexibility index (Phi) is 3.97. The quantitative estimate of drug-likeness (QED) is 0.862. The summed E-state index contributed by atoms with van der Waals surface area (Å²) < 4.78 is 5.68. The van der Waals surface area contributed by atoms with Gasteiger partial charge in [0, 0.05) is 18.8 Å². The van der Waals surface area contributed by atoms with E-state index in [1.54, 1.807) is 42.6 Å². The molecule has 0 fully saturated rings. The number of nitrogens with one attached hydrogen (secondary N) is 1. The van der Waals surface area contributed by atoms with Crippen molar-refractivity contribution in [3.63, 3.8) is 0 Å². The number of carbonyl (C=O) groups is 1. The van der Waals surface area contributed by atoms with Crippen molar-refractivity contribution in [1.82, 2.24) is 4.98 Å². The minimum absolute atomic E-state index is 0.351. The molecule has 1 aromatic heterocycles. The molecule has 0 aliphatic heterocycles. The van der Waals surface area contributed by atoms with Crippen molar-refractivity contribution in [2.75, 3.05) is 11.9 Å². The standard InChI is InChI=1S/C14H15N3O2/c1-2-16-13-9-10(7-8-17-13)19-12-6-4-3-5-11(12)14(15)18/h3-9H,2H2,1H3,(H2,15,18)(H,16,17). The SMILES string of the molecule is CCNc1cc(Oc2ccccc2C(N)=O)ccn1. The molecule has 2 aromatic rings. The van der Waals surface area contributed by atoms with E-state index < -0.39 is 5.91 Å². The fourth-order valence-electron chi connectivity index (χ4n) is 1.64. The van der Waals surface area contributed by atoms with Gasteiger partial charge in [0.25, 0.3) is 5.91 Å². The van der Waals surface area contributed by atoms with Crippen molar-refractivity contribution in [3.05, 3.63) is 48.2 Å². The fourth-order valence-corrected chi connectivity index (χ4v) is 1.64. The number of rotatable bonds is 5. The Balaban J connectivity index is 2.26. The molecule has 19 heavy (non-hydrogen) atoms. The van der Waals surface area contributed by atoms with Gasteiger partial charge in [0.1, 0.15) is 17.3 Å². The Hall–Kier alpha value is -2.56. The molecule has 3 N–H and O–H groups in total. The first-order valence-corrected chi connectivity index (χ1v) is 5.97. The number of carbonyl (C=O) groups excluding carboxylic acids is 1.